The summed E-state index contributed by atoms with van der Waals surface area (Å²) in [5, 5.41) is 0. The molecule has 1 atom stereocenters. The van der Waals surface area contributed by atoms with Crippen molar-refractivity contribution in [2.75, 3.05) is 50.2 Å². The number of carbonyl (C=O) groups excluding carboxylic acids is 2. The second kappa shape index (κ2) is 8.31. The Kier molecular flexibility index (Phi) is 5.59. The van der Waals surface area contributed by atoms with Crippen molar-refractivity contribution in [1.29, 1.82) is 0 Å². The summed E-state index contributed by atoms with van der Waals surface area (Å²) < 4.78 is 23.7. The van der Waals surface area contributed by atoms with Crippen LogP contribution in [-0.2, 0) is 9.59 Å². The maximum Gasteiger partial charge on any atom is 0.251 e. The van der Waals surface area contributed by atoms with Gasteiger partial charge in [-0.3, -0.25) is 14.5 Å². The Morgan fingerprint density at radius 1 is 0.933 bits per heavy atom. The lowest BCUT2D eigenvalue weighted by Crippen LogP contribution is -2.52. The normalized spacial score (nSPS) is 20.0. The van der Waals surface area contributed by atoms with E-state index in [0.29, 0.717) is 43.4 Å². The average molecular weight is 413 g/mol. The summed E-state index contributed by atoms with van der Waals surface area (Å²) in [5.74, 6) is 0.260. The van der Waals surface area contributed by atoms with Gasteiger partial charge in [-0.1, -0.05) is 0 Å². The smallest absolute Gasteiger partial charge is 0.251 e. The Balaban J connectivity index is 1.47. The highest BCUT2D eigenvalue weighted by molar-refractivity contribution is 6.23. The van der Waals surface area contributed by atoms with Gasteiger partial charge in [0.05, 0.1) is 32.4 Å². The van der Waals surface area contributed by atoms with Gasteiger partial charge in [0.15, 0.2) is 0 Å². The molecule has 2 aliphatic rings. The number of amides is 2. The number of carbonyl (C=O) groups is 2. The van der Waals surface area contributed by atoms with Gasteiger partial charge in [-0.15, -0.1) is 0 Å². The van der Waals surface area contributed by atoms with Crippen molar-refractivity contribution in [3.05, 3.63) is 48.3 Å². The molecule has 0 bridgehead atoms. The van der Waals surface area contributed by atoms with Crippen LogP contribution in [0.3, 0.4) is 0 Å². The number of halogens is 1. The first kappa shape index (κ1) is 20.2. The van der Waals surface area contributed by atoms with Crippen molar-refractivity contribution in [3.8, 4) is 11.5 Å². The molecule has 4 rings (SSSR count). The van der Waals surface area contributed by atoms with Crippen LogP contribution in [0.15, 0.2) is 42.5 Å². The summed E-state index contributed by atoms with van der Waals surface area (Å²) in [4.78, 5) is 31.3. The highest BCUT2D eigenvalue weighted by atomic mass is 19.1. The SMILES string of the molecule is COc1ccc(N2C(=O)C[C@H](N3CCN(c4ccc(F)cc4)CC3)C2=O)c(OC)c1. The van der Waals surface area contributed by atoms with Crippen LogP contribution in [0.25, 0.3) is 0 Å². The third-order valence-electron chi connectivity index (χ3n) is 5.70. The van der Waals surface area contributed by atoms with E-state index in [0.717, 1.165) is 5.69 Å². The molecule has 0 radical (unpaired) electrons. The van der Waals surface area contributed by atoms with Crippen molar-refractivity contribution < 1.29 is 23.5 Å². The van der Waals surface area contributed by atoms with E-state index in [4.69, 9.17) is 9.47 Å². The van der Waals surface area contributed by atoms with Gasteiger partial charge >= 0.3 is 0 Å². The number of anilines is 2. The molecule has 2 saturated heterocycles. The zero-order valence-corrected chi connectivity index (χ0v) is 17.0. The number of hydrogen-bond donors (Lipinski definition) is 0. The van der Waals surface area contributed by atoms with Gasteiger partial charge < -0.3 is 14.4 Å². The van der Waals surface area contributed by atoms with Crippen LogP contribution in [0.2, 0.25) is 0 Å². The lowest BCUT2D eigenvalue weighted by atomic mass is 10.1. The van der Waals surface area contributed by atoms with E-state index in [-0.39, 0.29) is 24.1 Å². The first-order valence-electron chi connectivity index (χ1n) is 9.85. The number of rotatable bonds is 5. The molecule has 158 valence electrons. The highest BCUT2D eigenvalue weighted by Crippen LogP contribution is 2.36. The van der Waals surface area contributed by atoms with Crippen LogP contribution in [0.4, 0.5) is 15.8 Å². The summed E-state index contributed by atoms with van der Waals surface area (Å²) in [5.41, 5.74) is 1.38. The van der Waals surface area contributed by atoms with Crippen LogP contribution in [0.5, 0.6) is 11.5 Å². The second-order valence-electron chi connectivity index (χ2n) is 7.32. The number of methoxy groups -OCH3 is 2. The molecule has 2 fully saturated rings. The average Bonchev–Trinajstić information content (AvgIpc) is 3.07. The monoisotopic (exact) mass is 413 g/mol. The minimum atomic E-state index is -0.486. The predicted molar refractivity (Wildman–Crippen MR) is 111 cm³/mol. The fourth-order valence-electron chi connectivity index (χ4n) is 4.07. The molecule has 0 spiro atoms. The molecule has 7 nitrogen and oxygen atoms in total. The van der Waals surface area contributed by atoms with E-state index in [1.165, 1.54) is 24.1 Å². The van der Waals surface area contributed by atoms with E-state index in [9.17, 15) is 14.0 Å². The first-order valence-corrected chi connectivity index (χ1v) is 9.85. The van der Waals surface area contributed by atoms with Gasteiger partial charge in [0.2, 0.25) is 5.91 Å². The predicted octanol–water partition coefficient (Wildman–Crippen LogP) is 2.30. The molecule has 0 aliphatic carbocycles. The molecule has 2 amide bonds. The molecule has 0 N–H and O–H groups in total. The fourth-order valence-corrected chi connectivity index (χ4v) is 4.07. The van der Waals surface area contributed by atoms with E-state index < -0.39 is 6.04 Å². The largest absolute Gasteiger partial charge is 0.497 e. The summed E-state index contributed by atoms with van der Waals surface area (Å²) in [6, 6.07) is 10.9. The van der Waals surface area contributed by atoms with Crippen molar-refractivity contribution in [3.63, 3.8) is 0 Å². The molecule has 2 aliphatic heterocycles. The summed E-state index contributed by atoms with van der Waals surface area (Å²) >= 11 is 0. The Hall–Kier alpha value is -3.13. The Labute approximate surface area is 174 Å². The maximum absolute atomic E-state index is 13.2. The highest BCUT2D eigenvalue weighted by Gasteiger charge is 2.44. The van der Waals surface area contributed by atoms with Crippen LogP contribution < -0.4 is 19.3 Å². The molecule has 0 saturated carbocycles. The molecule has 30 heavy (non-hydrogen) atoms. The van der Waals surface area contributed by atoms with Crippen molar-refractivity contribution in [2.24, 2.45) is 0 Å². The van der Waals surface area contributed by atoms with Gasteiger partial charge in [0.25, 0.3) is 5.91 Å². The summed E-state index contributed by atoms with van der Waals surface area (Å²) in [7, 11) is 3.04. The van der Waals surface area contributed by atoms with Crippen LogP contribution in [0.1, 0.15) is 6.42 Å². The second-order valence-corrected chi connectivity index (χ2v) is 7.32. The molecule has 0 aromatic heterocycles. The third-order valence-corrected chi connectivity index (χ3v) is 5.70. The Morgan fingerprint density at radius 2 is 1.63 bits per heavy atom. The summed E-state index contributed by atoms with van der Waals surface area (Å²) in [6.45, 7) is 2.70. The van der Waals surface area contributed by atoms with E-state index >= 15 is 0 Å². The maximum atomic E-state index is 13.2. The topological polar surface area (TPSA) is 62.3 Å². The van der Waals surface area contributed by atoms with E-state index in [1.54, 1.807) is 37.4 Å². The first-order chi connectivity index (χ1) is 14.5. The van der Waals surface area contributed by atoms with Gasteiger partial charge in [0.1, 0.15) is 17.3 Å². The Bertz CT molecular complexity index is 942. The number of nitrogens with zero attached hydrogens (tertiary/aromatic N) is 3. The number of piperazine rings is 1. The van der Waals surface area contributed by atoms with E-state index in [1.807, 2.05) is 0 Å². The number of ether oxygens (including phenoxy) is 2. The molecular weight excluding hydrogens is 389 g/mol. The third kappa shape index (κ3) is 3.70. The van der Waals surface area contributed by atoms with Crippen LogP contribution >= 0.6 is 0 Å². The van der Waals surface area contributed by atoms with Crippen LogP contribution in [0, 0.1) is 5.82 Å². The standard InChI is InChI=1S/C22H24FN3O4/c1-29-17-7-8-18(20(13-17)30-2)26-21(27)14-19(22(26)28)25-11-9-24(10-12-25)16-5-3-15(23)4-6-16/h3-8,13,19H,9-12,14H2,1-2H3/t19-/m0/s1. The molecule has 2 aromatic carbocycles. The fraction of sp³-hybridized carbons (Fsp3) is 0.364. The molecular formula is C22H24FN3O4. The lowest BCUT2D eigenvalue weighted by Gasteiger charge is -2.38. The van der Waals surface area contributed by atoms with Gasteiger partial charge in [-0.2, -0.15) is 0 Å². The Morgan fingerprint density at radius 3 is 2.27 bits per heavy atom. The zero-order valence-electron chi connectivity index (χ0n) is 17.0. The van der Waals surface area contributed by atoms with Crippen molar-refractivity contribution in [2.45, 2.75) is 12.5 Å². The van der Waals surface area contributed by atoms with Crippen molar-refractivity contribution >= 4 is 23.2 Å². The van der Waals surface area contributed by atoms with Crippen LogP contribution in [-0.4, -0.2) is 63.2 Å². The molecule has 2 aromatic rings. The summed E-state index contributed by atoms with van der Waals surface area (Å²) in [6.07, 6.45) is 0.143. The van der Waals surface area contributed by atoms with E-state index in [2.05, 4.69) is 9.80 Å². The lowest BCUT2D eigenvalue weighted by molar-refractivity contribution is -0.123. The van der Waals surface area contributed by atoms with Gasteiger partial charge in [-0.05, 0) is 36.4 Å². The minimum absolute atomic E-state index is 0.143. The quantitative estimate of drug-likeness (QED) is 0.701. The number of benzene rings is 2. The molecule has 2 heterocycles. The molecule has 0 unspecified atom stereocenters. The van der Waals surface area contributed by atoms with Crippen molar-refractivity contribution in [1.82, 2.24) is 4.90 Å². The number of hydrogen-bond acceptors (Lipinski definition) is 6. The van der Waals surface area contributed by atoms with Gasteiger partial charge in [-0.25, -0.2) is 9.29 Å². The molecule has 8 heteroatoms. The minimum Gasteiger partial charge on any atom is -0.497 e. The van der Waals surface area contributed by atoms with Gasteiger partial charge in [0, 0.05) is 37.9 Å². The zero-order chi connectivity index (χ0) is 21.3. The number of imide groups is 1.